The lowest BCUT2D eigenvalue weighted by Crippen LogP contribution is -2.31. The number of carbonyl (C=O) groups excluding carboxylic acids is 1. The van der Waals surface area contributed by atoms with Gasteiger partial charge in [-0.1, -0.05) is 29.8 Å². The topological polar surface area (TPSA) is 70.2 Å². The molecule has 1 heterocycles. The fraction of sp³-hybridized carbons (Fsp3) is 0.312. The van der Waals surface area contributed by atoms with Gasteiger partial charge in [0.25, 0.3) is 5.91 Å². The van der Waals surface area contributed by atoms with Crippen LogP contribution in [0, 0.1) is 0 Å². The van der Waals surface area contributed by atoms with Gasteiger partial charge in [-0.05, 0) is 37.9 Å². The van der Waals surface area contributed by atoms with Crippen molar-refractivity contribution in [1.82, 2.24) is 20.4 Å². The van der Waals surface area contributed by atoms with Gasteiger partial charge in [-0.25, -0.2) is 0 Å². The molecule has 0 aliphatic heterocycles. The van der Waals surface area contributed by atoms with Crippen molar-refractivity contribution in [3.63, 3.8) is 0 Å². The summed E-state index contributed by atoms with van der Waals surface area (Å²) >= 11 is 6.10. The predicted molar refractivity (Wildman–Crippen MR) is 91.7 cm³/mol. The molecule has 0 radical (unpaired) electrons. The summed E-state index contributed by atoms with van der Waals surface area (Å²) in [6, 6.07) is 11.0. The molecule has 7 heteroatoms. The monoisotopic (exact) mass is 333 g/mol. The van der Waals surface area contributed by atoms with Gasteiger partial charge >= 0.3 is 0 Å². The number of halogens is 1. The number of hydrogen-bond donors (Lipinski definition) is 2. The first kappa shape index (κ1) is 17.2. The third kappa shape index (κ3) is 5.50. The molecule has 0 bridgehead atoms. The van der Waals surface area contributed by atoms with Crippen LogP contribution in [-0.4, -0.2) is 48.2 Å². The summed E-state index contributed by atoms with van der Waals surface area (Å²) in [5.74, 6) is 0.367. The molecule has 1 aromatic heterocycles. The zero-order chi connectivity index (χ0) is 16.7. The smallest absolute Gasteiger partial charge is 0.271 e. The second-order valence-corrected chi connectivity index (χ2v) is 5.72. The van der Waals surface area contributed by atoms with E-state index in [-0.39, 0.29) is 5.91 Å². The standard InChI is InChI=1S/C16H20ClN5O/c1-22(2)10-9-18-16(23)14-7-8-15(21-20-14)19-11-12-5-3-4-6-13(12)17/h3-8H,9-11H2,1-2H3,(H,18,23)(H,19,21). The number of likely N-dealkylation sites (N-methyl/N-ethyl adjacent to an activating group) is 1. The second kappa shape index (κ2) is 8.45. The summed E-state index contributed by atoms with van der Waals surface area (Å²) in [4.78, 5) is 13.9. The summed E-state index contributed by atoms with van der Waals surface area (Å²) in [6.07, 6.45) is 0. The highest BCUT2D eigenvalue weighted by molar-refractivity contribution is 6.31. The van der Waals surface area contributed by atoms with E-state index in [1.54, 1.807) is 12.1 Å². The SMILES string of the molecule is CN(C)CCNC(=O)c1ccc(NCc2ccccc2Cl)nn1. The summed E-state index contributed by atoms with van der Waals surface area (Å²) in [6.45, 7) is 1.89. The maximum Gasteiger partial charge on any atom is 0.271 e. The average molecular weight is 334 g/mol. The number of nitrogens with zero attached hydrogens (tertiary/aromatic N) is 3. The van der Waals surface area contributed by atoms with Gasteiger partial charge in [0.1, 0.15) is 5.82 Å². The van der Waals surface area contributed by atoms with Crippen molar-refractivity contribution in [2.75, 3.05) is 32.5 Å². The molecule has 0 saturated heterocycles. The van der Waals surface area contributed by atoms with E-state index in [1.807, 2.05) is 43.3 Å². The zero-order valence-corrected chi connectivity index (χ0v) is 14.0. The minimum Gasteiger partial charge on any atom is -0.364 e. The number of anilines is 1. The van der Waals surface area contributed by atoms with E-state index >= 15 is 0 Å². The van der Waals surface area contributed by atoms with Gasteiger partial charge in [-0.3, -0.25) is 4.79 Å². The van der Waals surface area contributed by atoms with Gasteiger partial charge in [0.05, 0.1) is 0 Å². The van der Waals surface area contributed by atoms with Crippen LogP contribution in [-0.2, 0) is 6.54 Å². The highest BCUT2D eigenvalue weighted by Crippen LogP contribution is 2.16. The third-order valence-electron chi connectivity index (χ3n) is 3.16. The predicted octanol–water partition coefficient (Wildman–Crippen LogP) is 2.03. The van der Waals surface area contributed by atoms with Crippen LogP contribution in [0.25, 0.3) is 0 Å². The van der Waals surface area contributed by atoms with Crippen LogP contribution in [0.1, 0.15) is 16.1 Å². The Morgan fingerprint density at radius 3 is 2.61 bits per heavy atom. The van der Waals surface area contributed by atoms with Crippen molar-refractivity contribution in [2.45, 2.75) is 6.54 Å². The van der Waals surface area contributed by atoms with E-state index < -0.39 is 0 Å². The van der Waals surface area contributed by atoms with E-state index in [1.165, 1.54) is 0 Å². The van der Waals surface area contributed by atoms with Gasteiger partial charge < -0.3 is 15.5 Å². The molecule has 122 valence electrons. The Hall–Kier alpha value is -2.18. The Balaban J connectivity index is 1.87. The maximum absolute atomic E-state index is 11.9. The van der Waals surface area contributed by atoms with Crippen LogP contribution in [0.4, 0.5) is 5.82 Å². The summed E-state index contributed by atoms with van der Waals surface area (Å²) in [7, 11) is 3.90. The van der Waals surface area contributed by atoms with Crippen molar-refractivity contribution in [3.05, 3.63) is 52.7 Å². The molecular weight excluding hydrogens is 314 g/mol. The summed E-state index contributed by atoms with van der Waals surface area (Å²) in [5, 5.41) is 14.6. The van der Waals surface area contributed by atoms with Gasteiger partial charge in [0, 0.05) is 24.7 Å². The second-order valence-electron chi connectivity index (χ2n) is 5.31. The Kier molecular flexibility index (Phi) is 6.31. The number of amides is 1. The lowest BCUT2D eigenvalue weighted by atomic mass is 10.2. The Morgan fingerprint density at radius 1 is 1.17 bits per heavy atom. The molecule has 0 spiro atoms. The molecule has 0 aliphatic rings. The first-order chi connectivity index (χ1) is 11.1. The number of aromatic nitrogens is 2. The van der Waals surface area contributed by atoms with Gasteiger partial charge in [-0.2, -0.15) is 0 Å². The van der Waals surface area contributed by atoms with Crippen LogP contribution in [0.3, 0.4) is 0 Å². The van der Waals surface area contributed by atoms with Gasteiger partial charge in [-0.15, -0.1) is 10.2 Å². The molecule has 1 aromatic carbocycles. The van der Waals surface area contributed by atoms with Crippen LogP contribution < -0.4 is 10.6 Å². The molecule has 2 aromatic rings. The van der Waals surface area contributed by atoms with Crippen molar-refractivity contribution < 1.29 is 4.79 Å². The fourth-order valence-corrected chi connectivity index (χ4v) is 2.06. The van der Waals surface area contributed by atoms with Crippen molar-refractivity contribution in [3.8, 4) is 0 Å². The third-order valence-corrected chi connectivity index (χ3v) is 3.53. The fourth-order valence-electron chi connectivity index (χ4n) is 1.86. The maximum atomic E-state index is 11.9. The Labute approximate surface area is 140 Å². The average Bonchev–Trinajstić information content (AvgIpc) is 2.54. The van der Waals surface area contributed by atoms with Gasteiger partial charge in [0.2, 0.25) is 0 Å². The van der Waals surface area contributed by atoms with E-state index in [9.17, 15) is 4.79 Å². The van der Waals surface area contributed by atoms with Crippen LogP contribution in [0.2, 0.25) is 5.02 Å². The van der Waals surface area contributed by atoms with Gasteiger partial charge in [0.15, 0.2) is 5.69 Å². The molecule has 0 atom stereocenters. The van der Waals surface area contributed by atoms with Crippen LogP contribution >= 0.6 is 11.6 Å². The van der Waals surface area contributed by atoms with E-state index in [4.69, 9.17) is 11.6 Å². The highest BCUT2D eigenvalue weighted by atomic mass is 35.5. The first-order valence-electron chi connectivity index (χ1n) is 7.30. The molecule has 6 nitrogen and oxygen atoms in total. The van der Waals surface area contributed by atoms with Crippen LogP contribution in [0.15, 0.2) is 36.4 Å². The molecule has 2 N–H and O–H groups in total. The van der Waals surface area contributed by atoms with E-state index in [0.717, 1.165) is 12.1 Å². The van der Waals surface area contributed by atoms with E-state index in [2.05, 4.69) is 20.8 Å². The minimum absolute atomic E-state index is 0.225. The molecule has 0 aliphatic carbocycles. The number of benzene rings is 1. The van der Waals surface area contributed by atoms with Crippen molar-refractivity contribution >= 4 is 23.3 Å². The first-order valence-corrected chi connectivity index (χ1v) is 7.68. The molecule has 1 amide bonds. The van der Waals surface area contributed by atoms with Crippen molar-refractivity contribution in [1.29, 1.82) is 0 Å². The quantitative estimate of drug-likeness (QED) is 0.811. The number of nitrogens with one attached hydrogen (secondary N) is 2. The summed E-state index contributed by atoms with van der Waals surface area (Å²) < 4.78 is 0. The Bertz CT molecular complexity index is 645. The molecule has 0 fully saturated rings. The lowest BCUT2D eigenvalue weighted by Gasteiger charge is -2.10. The normalized spacial score (nSPS) is 10.6. The molecular formula is C16H20ClN5O. The largest absolute Gasteiger partial charge is 0.364 e. The molecule has 0 saturated carbocycles. The molecule has 2 rings (SSSR count). The van der Waals surface area contributed by atoms with Crippen molar-refractivity contribution in [2.24, 2.45) is 0 Å². The Morgan fingerprint density at radius 2 is 1.96 bits per heavy atom. The zero-order valence-electron chi connectivity index (χ0n) is 13.2. The minimum atomic E-state index is -0.225. The van der Waals surface area contributed by atoms with E-state index in [0.29, 0.717) is 29.6 Å². The molecule has 23 heavy (non-hydrogen) atoms. The number of carbonyl (C=O) groups is 1. The highest BCUT2D eigenvalue weighted by Gasteiger charge is 2.08. The lowest BCUT2D eigenvalue weighted by molar-refractivity contribution is 0.0945. The molecule has 0 unspecified atom stereocenters. The summed E-state index contributed by atoms with van der Waals surface area (Å²) in [5.41, 5.74) is 1.27. The number of hydrogen-bond acceptors (Lipinski definition) is 5. The van der Waals surface area contributed by atoms with Crippen LogP contribution in [0.5, 0.6) is 0 Å². The number of rotatable bonds is 7.